The van der Waals surface area contributed by atoms with Crippen molar-refractivity contribution < 1.29 is 4.79 Å². The van der Waals surface area contributed by atoms with E-state index in [0.717, 1.165) is 33.6 Å². The number of H-pyrrole nitrogens is 1. The molecular weight excluding hydrogens is 357 g/mol. The van der Waals surface area contributed by atoms with E-state index in [9.17, 15) is 4.79 Å². The molecule has 1 atom stereocenters. The van der Waals surface area contributed by atoms with Crippen LogP contribution in [0.4, 0.5) is 0 Å². The minimum Gasteiger partial charge on any atom is -0.357 e. The molecule has 4 nitrogen and oxygen atoms in total. The van der Waals surface area contributed by atoms with E-state index in [0.29, 0.717) is 18.1 Å². The number of nitrogens with two attached hydrogens (primary N) is 1. The van der Waals surface area contributed by atoms with Crippen molar-refractivity contribution in [2.45, 2.75) is 19.0 Å². The van der Waals surface area contributed by atoms with Crippen molar-refractivity contribution in [3.8, 4) is 0 Å². The van der Waals surface area contributed by atoms with E-state index >= 15 is 0 Å². The maximum atomic E-state index is 12.8. The van der Waals surface area contributed by atoms with Gasteiger partial charge in [0.15, 0.2) is 0 Å². The summed E-state index contributed by atoms with van der Waals surface area (Å²) >= 11 is 12.0. The van der Waals surface area contributed by atoms with Gasteiger partial charge < -0.3 is 15.6 Å². The fourth-order valence-electron chi connectivity index (χ4n) is 3.41. The molecule has 4 rings (SSSR count). The largest absolute Gasteiger partial charge is 0.357 e. The molecule has 2 heterocycles. The lowest BCUT2D eigenvalue weighted by molar-refractivity contribution is -0.133. The Morgan fingerprint density at radius 1 is 1.12 bits per heavy atom. The lowest BCUT2D eigenvalue weighted by Crippen LogP contribution is -2.41. The van der Waals surface area contributed by atoms with E-state index in [1.807, 2.05) is 18.2 Å². The highest BCUT2D eigenvalue weighted by atomic mass is 35.5. The van der Waals surface area contributed by atoms with Gasteiger partial charge >= 0.3 is 0 Å². The van der Waals surface area contributed by atoms with Crippen molar-refractivity contribution in [1.82, 2.24) is 9.88 Å². The maximum Gasteiger partial charge on any atom is 0.244 e. The number of benzene rings is 2. The Balaban J connectivity index is 1.58. The molecule has 2 aromatic carbocycles. The van der Waals surface area contributed by atoms with Gasteiger partial charge in [-0.2, -0.15) is 0 Å². The van der Waals surface area contributed by atoms with Crippen LogP contribution in [-0.2, 0) is 17.8 Å². The van der Waals surface area contributed by atoms with Gasteiger partial charge in [0.25, 0.3) is 0 Å². The molecule has 6 heteroatoms. The summed E-state index contributed by atoms with van der Waals surface area (Å²) in [4.78, 5) is 18.0. The van der Waals surface area contributed by atoms with Gasteiger partial charge in [-0.15, -0.1) is 0 Å². The first-order valence-corrected chi connectivity index (χ1v) is 8.87. The predicted octanol–water partition coefficient (Wildman–Crippen LogP) is 4.06. The van der Waals surface area contributed by atoms with E-state index in [4.69, 9.17) is 28.9 Å². The molecule has 0 saturated carbocycles. The van der Waals surface area contributed by atoms with Gasteiger partial charge in [0, 0.05) is 33.2 Å². The number of hydrogen-bond acceptors (Lipinski definition) is 2. The van der Waals surface area contributed by atoms with Crippen LogP contribution in [0.5, 0.6) is 0 Å². The van der Waals surface area contributed by atoms with Crippen LogP contribution in [0.3, 0.4) is 0 Å². The van der Waals surface area contributed by atoms with Gasteiger partial charge in [0.05, 0.1) is 6.54 Å². The summed E-state index contributed by atoms with van der Waals surface area (Å²) in [5.41, 5.74) is 10.3. The maximum absolute atomic E-state index is 12.8. The first-order valence-electron chi connectivity index (χ1n) is 8.12. The third-order valence-electron chi connectivity index (χ3n) is 4.74. The number of hydrogen-bond donors (Lipinski definition) is 2. The Kier molecular flexibility index (Phi) is 4.20. The van der Waals surface area contributed by atoms with Gasteiger partial charge in [-0.3, -0.25) is 4.79 Å². The van der Waals surface area contributed by atoms with Crippen LogP contribution in [-0.4, -0.2) is 22.3 Å². The number of halogens is 2. The second-order valence-corrected chi connectivity index (χ2v) is 7.18. The normalized spacial score (nSPS) is 15.2. The quantitative estimate of drug-likeness (QED) is 0.711. The Bertz CT molecular complexity index is 949. The van der Waals surface area contributed by atoms with E-state index in [-0.39, 0.29) is 5.91 Å². The van der Waals surface area contributed by atoms with Crippen molar-refractivity contribution in [1.29, 1.82) is 0 Å². The Morgan fingerprint density at radius 3 is 2.60 bits per heavy atom. The zero-order valence-corrected chi connectivity index (χ0v) is 14.9. The molecule has 1 amide bonds. The van der Waals surface area contributed by atoms with Gasteiger partial charge in [-0.1, -0.05) is 35.3 Å². The van der Waals surface area contributed by atoms with Gasteiger partial charge in [-0.25, -0.2) is 0 Å². The molecule has 1 aliphatic heterocycles. The predicted molar refractivity (Wildman–Crippen MR) is 101 cm³/mol. The number of aromatic amines is 1. The number of fused-ring (bicyclic) bond motifs is 3. The van der Waals surface area contributed by atoms with E-state index in [1.165, 1.54) is 5.56 Å². The molecule has 0 spiro atoms. The Labute approximate surface area is 155 Å². The molecule has 0 bridgehead atoms. The molecule has 0 radical (unpaired) electrons. The average molecular weight is 374 g/mol. The van der Waals surface area contributed by atoms with Crippen LogP contribution < -0.4 is 5.73 Å². The zero-order chi connectivity index (χ0) is 17.6. The number of carbonyl (C=O) groups is 1. The first-order chi connectivity index (χ1) is 12.0. The monoisotopic (exact) mass is 373 g/mol. The lowest BCUT2D eigenvalue weighted by atomic mass is 10.0. The van der Waals surface area contributed by atoms with Crippen molar-refractivity contribution >= 4 is 40.0 Å². The number of nitrogens with one attached hydrogen (secondary N) is 1. The third kappa shape index (κ3) is 3.01. The molecule has 25 heavy (non-hydrogen) atoms. The summed E-state index contributed by atoms with van der Waals surface area (Å²) in [6.45, 7) is 1.17. The van der Waals surface area contributed by atoms with Crippen LogP contribution >= 0.6 is 23.2 Å². The number of aromatic nitrogens is 1. The third-order valence-corrected chi connectivity index (χ3v) is 5.23. The zero-order valence-electron chi connectivity index (χ0n) is 13.4. The molecule has 1 aromatic heterocycles. The molecule has 1 aliphatic rings. The minimum absolute atomic E-state index is 0.0790. The standard InChI is InChI=1S/C19H17Cl2N3O/c20-12-3-1-11(2-4-12)18(22)19(25)24-8-7-14-15-9-13(21)5-6-16(15)23-17(14)10-24/h1-6,9,18,23H,7-8,10,22H2/t18-/m0/s1. The van der Waals surface area contributed by atoms with Crippen LogP contribution in [0.15, 0.2) is 42.5 Å². The molecule has 0 saturated heterocycles. The van der Waals surface area contributed by atoms with E-state index < -0.39 is 6.04 Å². The summed E-state index contributed by atoms with van der Waals surface area (Å²) in [7, 11) is 0. The van der Waals surface area contributed by atoms with Crippen molar-refractivity contribution in [2.75, 3.05) is 6.54 Å². The molecule has 3 N–H and O–H groups in total. The number of rotatable bonds is 2. The van der Waals surface area contributed by atoms with Crippen LogP contribution in [0.2, 0.25) is 10.0 Å². The SMILES string of the molecule is N[C@H](C(=O)N1CCc2c([nH]c3ccc(Cl)cc23)C1)c1ccc(Cl)cc1. The number of carbonyl (C=O) groups excluding carboxylic acids is 1. The Morgan fingerprint density at radius 2 is 1.84 bits per heavy atom. The highest BCUT2D eigenvalue weighted by Crippen LogP contribution is 2.30. The fourth-order valence-corrected chi connectivity index (χ4v) is 3.71. The van der Waals surface area contributed by atoms with E-state index in [2.05, 4.69) is 4.98 Å². The fraction of sp³-hybridized carbons (Fsp3) is 0.211. The summed E-state index contributed by atoms with van der Waals surface area (Å²) in [5, 5.41) is 2.48. The summed E-state index contributed by atoms with van der Waals surface area (Å²) in [6, 6.07) is 12.2. The van der Waals surface area contributed by atoms with E-state index in [1.54, 1.807) is 29.2 Å². The highest BCUT2D eigenvalue weighted by Gasteiger charge is 2.28. The molecule has 128 valence electrons. The summed E-state index contributed by atoms with van der Waals surface area (Å²) < 4.78 is 0. The number of nitrogens with zero attached hydrogens (tertiary/aromatic N) is 1. The molecular formula is C19H17Cl2N3O. The summed E-state index contributed by atoms with van der Waals surface area (Å²) in [5.74, 6) is -0.0790. The average Bonchev–Trinajstić information content (AvgIpc) is 2.98. The van der Waals surface area contributed by atoms with Crippen molar-refractivity contribution in [3.63, 3.8) is 0 Å². The second kappa shape index (κ2) is 6.37. The minimum atomic E-state index is -0.683. The van der Waals surface area contributed by atoms with Crippen LogP contribution in [0, 0.1) is 0 Å². The topological polar surface area (TPSA) is 62.1 Å². The number of amides is 1. The van der Waals surface area contributed by atoms with Gasteiger partial charge in [-0.05, 0) is 47.9 Å². The van der Waals surface area contributed by atoms with Crippen LogP contribution in [0.1, 0.15) is 22.9 Å². The van der Waals surface area contributed by atoms with Crippen LogP contribution in [0.25, 0.3) is 10.9 Å². The molecule has 0 aliphatic carbocycles. The molecule has 0 fully saturated rings. The first kappa shape index (κ1) is 16.5. The van der Waals surface area contributed by atoms with Gasteiger partial charge in [0.2, 0.25) is 5.91 Å². The van der Waals surface area contributed by atoms with Crippen molar-refractivity contribution in [3.05, 3.63) is 69.3 Å². The smallest absolute Gasteiger partial charge is 0.244 e. The second-order valence-electron chi connectivity index (χ2n) is 6.31. The highest BCUT2D eigenvalue weighted by molar-refractivity contribution is 6.31. The molecule has 3 aromatic rings. The summed E-state index contributed by atoms with van der Waals surface area (Å²) in [6.07, 6.45) is 0.786. The lowest BCUT2D eigenvalue weighted by Gasteiger charge is -2.29. The van der Waals surface area contributed by atoms with Gasteiger partial charge in [0.1, 0.15) is 6.04 Å². The van der Waals surface area contributed by atoms with Crippen molar-refractivity contribution in [2.24, 2.45) is 5.73 Å². The Hall–Kier alpha value is -2.01. The molecule has 0 unspecified atom stereocenters.